The van der Waals surface area contributed by atoms with E-state index in [9.17, 15) is 5.11 Å². The predicted molar refractivity (Wildman–Crippen MR) is 80.4 cm³/mol. The van der Waals surface area contributed by atoms with Crippen LogP contribution in [0.15, 0.2) is 24.3 Å². The van der Waals surface area contributed by atoms with E-state index in [4.69, 9.17) is 11.6 Å². The molecule has 1 aromatic rings. The maximum absolute atomic E-state index is 10.2. The zero-order valence-electron chi connectivity index (χ0n) is 11.8. The molecule has 1 fully saturated rings. The fourth-order valence-electron chi connectivity index (χ4n) is 2.80. The third-order valence-electron chi connectivity index (χ3n) is 4.20. The molecule has 2 rings (SSSR count). The lowest BCUT2D eigenvalue weighted by Crippen LogP contribution is -2.24. The lowest BCUT2D eigenvalue weighted by molar-refractivity contribution is 0.147. The Labute approximate surface area is 121 Å². The Hall–Kier alpha value is -0.570. The largest absolute Gasteiger partial charge is 0.388 e. The third-order valence-corrected chi connectivity index (χ3v) is 4.44. The maximum atomic E-state index is 10.2. The van der Waals surface area contributed by atoms with Crippen molar-refractivity contribution >= 4 is 11.6 Å². The van der Waals surface area contributed by atoms with Crippen LogP contribution in [-0.4, -0.2) is 29.6 Å². The highest BCUT2D eigenvalue weighted by atomic mass is 35.5. The Morgan fingerprint density at radius 2 is 2.21 bits per heavy atom. The molecule has 0 aliphatic carbocycles. The van der Waals surface area contributed by atoms with Gasteiger partial charge in [0.15, 0.2) is 0 Å². The van der Waals surface area contributed by atoms with E-state index in [1.807, 2.05) is 24.3 Å². The standard InChI is InChI=1S/C16H24ClNO/c1-12(2)14-6-8-18(11-14)9-7-16(19)13-4-3-5-15(17)10-13/h3-5,10,12,14,16,19H,6-9,11H2,1-2H3. The Kier molecular flexibility index (Phi) is 5.26. The molecule has 1 saturated heterocycles. The Bertz CT molecular complexity index is 407. The molecule has 0 amide bonds. The minimum Gasteiger partial charge on any atom is -0.388 e. The fourth-order valence-corrected chi connectivity index (χ4v) is 2.99. The Morgan fingerprint density at radius 3 is 2.84 bits per heavy atom. The van der Waals surface area contributed by atoms with E-state index in [0.29, 0.717) is 5.02 Å². The first-order chi connectivity index (χ1) is 9.06. The third kappa shape index (κ3) is 4.20. The first kappa shape index (κ1) is 14.8. The van der Waals surface area contributed by atoms with Crippen molar-refractivity contribution in [1.29, 1.82) is 0 Å². The van der Waals surface area contributed by atoms with Crippen LogP contribution in [0.25, 0.3) is 0 Å². The number of aliphatic hydroxyl groups excluding tert-OH is 1. The predicted octanol–water partition coefficient (Wildman–Crippen LogP) is 3.74. The summed E-state index contributed by atoms with van der Waals surface area (Å²) in [6.45, 7) is 7.92. The van der Waals surface area contributed by atoms with Crippen LogP contribution in [0.3, 0.4) is 0 Å². The molecule has 0 radical (unpaired) electrons. The minimum atomic E-state index is -0.406. The summed E-state index contributed by atoms with van der Waals surface area (Å²) >= 11 is 5.95. The van der Waals surface area contributed by atoms with Gasteiger partial charge in [0.25, 0.3) is 0 Å². The molecule has 0 bridgehead atoms. The van der Waals surface area contributed by atoms with E-state index in [0.717, 1.165) is 30.4 Å². The monoisotopic (exact) mass is 281 g/mol. The smallest absolute Gasteiger partial charge is 0.0802 e. The summed E-state index contributed by atoms with van der Waals surface area (Å²) in [5.41, 5.74) is 0.923. The molecule has 1 heterocycles. The van der Waals surface area contributed by atoms with Crippen LogP contribution < -0.4 is 0 Å². The van der Waals surface area contributed by atoms with Crippen molar-refractivity contribution in [3.05, 3.63) is 34.9 Å². The summed E-state index contributed by atoms with van der Waals surface area (Å²) in [4.78, 5) is 2.47. The molecular weight excluding hydrogens is 258 g/mol. The molecule has 1 N–H and O–H groups in total. The van der Waals surface area contributed by atoms with Crippen molar-refractivity contribution in [3.8, 4) is 0 Å². The number of aliphatic hydroxyl groups is 1. The zero-order valence-corrected chi connectivity index (χ0v) is 12.6. The minimum absolute atomic E-state index is 0.406. The molecule has 1 aliphatic rings. The fraction of sp³-hybridized carbons (Fsp3) is 0.625. The van der Waals surface area contributed by atoms with Gasteiger partial charge in [-0.1, -0.05) is 37.6 Å². The van der Waals surface area contributed by atoms with E-state index in [2.05, 4.69) is 18.7 Å². The normalized spacial score (nSPS) is 22.1. The summed E-state index contributed by atoms with van der Waals surface area (Å²) in [6.07, 6.45) is 1.67. The quantitative estimate of drug-likeness (QED) is 0.889. The van der Waals surface area contributed by atoms with Gasteiger partial charge in [0.1, 0.15) is 0 Å². The van der Waals surface area contributed by atoms with Crippen molar-refractivity contribution in [2.75, 3.05) is 19.6 Å². The van der Waals surface area contributed by atoms with Gasteiger partial charge >= 0.3 is 0 Å². The van der Waals surface area contributed by atoms with Gasteiger partial charge in [-0.3, -0.25) is 0 Å². The van der Waals surface area contributed by atoms with E-state index in [1.54, 1.807) is 0 Å². The number of hydrogen-bond acceptors (Lipinski definition) is 2. The second-order valence-corrected chi connectivity index (χ2v) is 6.39. The number of nitrogens with zero attached hydrogens (tertiary/aromatic N) is 1. The van der Waals surface area contributed by atoms with Crippen LogP contribution in [-0.2, 0) is 0 Å². The second-order valence-electron chi connectivity index (χ2n) is 5.95. The summed E-state index contributed by atoms with van der Waals surface area (Å²) in [7, 11) is 0. The molecule has 0 saturated carbocycles. The highest BCUT2D eigenvalue weighted by Gasteiger charge is 2.24. The van der Waals surface area contributed by atoms with Crippen LogP contribution in [0, 0.1) is 11.8 Å². The van der Waals surface area contributed by atoms with Gasteiger partial charge in [0.2, 0.25) is 0 Å². The van der Waals surface area contributed by atoms with Gasteiger partial charge in [0.05, 0.1) is 6.10 Å². The van der Waals surface area contributed by atoms with Crippen molar-refractivity contribution in [2.45, 2.75) is 32.8 Å². The average molecular weight is 282 g/mol. The number of halogens is 1. The lowest BCUT2D eigenvalue weighted by atomic mass is 9.95. The first-order valence-corrected chi connectivity index (χ1v) is 7.60. The molecule has 19 heavy (non-hydrogen) atoms. The number of hydrogen-bond donors (Lipinski definition) is 1. The Morgan fingerprint density at radius 1 is 1.42 bits per heavy atom. The molecule has 0 spiro atoms. The molecule has 2 atom stereocenters. The molecule has 1 aromatic carbocycles. The zero-order chi connectivity index (χ0) is 13.8. The van der Waals surface area contributed by atoms with Crippen molar-refractivity contribution in [3.63, 3.8) is 0 Å². The van der Waals surface area contributed by atoms with Gasteiger partial charge in [0, 0.05) is 18.1 Å². The number of likely N-dealkylation sites (tertiary alicyclic amines) is 1. The number of rotatable bonds is 5. The van der Waals surface area contributed by atoms with Gasteiger partial charge in [-0.2, -0.15) is 0 Å². The van der Waals surface area contributed by atoms with Gasteiger partial charge in [-0.05, 0) is 48.9 Å². The van der Waals surface area contributed by atoms with Crippen molar-refractivity contribution in [1.82, 2.24) is 4.90 Å². The molecule has 1 aliphatic heterocycles. The molecule has 3 heteroatoms. The molecule has 2 unspecified atom stereocenters. The average Bonchev–Trinajstić information content (AvgIpc) is 2.85. The van der Waals surface area contributed by atoms with Crippen LogP contribution >= 0.6 is 11.6 Å². The topological polar surface area (TPSA) is 23.5 Å². The molecular formula is C16H24ClNO. The van der Waals surface area contributed by atoms with Crippen molar-refractivity contribution in [2.24, 2.45) is 11.8 Å². The Balaban J connectivity index is 1.80. The van der Waals surface area contributed by atoms with Gasteiger partial charge < -0.3 is 10.0 Å². The summed E-state index contributed by atoms with van der Waals surface area (Å²) in [5, 5.41) is 10.9. The highest BCUT2D eigenvalue weighted by Crippen LogP contribution is 2.25. The van der Waals surface area contributed by atoms with Crippen LogP contribution in [0.5, 0.6) is 0 Å². The molecule has 0 aromatic heterocycles. The SMILES string of the molecule is CC(C)C1CCN(CCC(O)c2cccc(Cl)c2)C1. The summed E-state index contributed by atoms with van der Waals surface area (Å²) in [6, 6.07) is 7.53. The number of benzene rings is 1. The van der Waals surface area contributed by atoms with E-state index in [1.165, 1.54) is 19.5 Å². The van der Waals surface area contributed by atoms with Crippen LogP contribution in [0.4, 0.5) is 0 Å². The van der Waals surface area contributed by atoms with E-state index in [-0.39, 0.29) is 0 Å². The van der Waals surface area contributed by atoms with E-state index >= 15 is 0 Å². The van der Waals surface area contributed by atoms with E-state index < -0.39 is 6.10 Å². The highest BCUT2D eigenvalue weighted by molar-refractivity contribution is 6.30. The lowest BCUT2D eigenvalue weighted by Gasteiger charge is -2.19. The maximum Gasteiger partial charge on any atom is 0.0802 e. The molecule has 2 nitrogen and oxygen atoms in total. The van der Waals surface area contributed by atoms with Crippen LogP contribution in [0.2, 0.25) is 5.02 Å². The second kappa shape index (κ2) is 6.74. The van der Waals surface area contributed by atoms with Gasteiger partial charge in [-0.15, -0.1) is 0 Å². The van der Waals surface area contributed by atoms with Gasteiger partial charge in [-0.25, -0.2) is 0 Å². The van der Waals surface area contributed by atoms with Crippen molar-refractivity contribution < 1.29 is 5.11 Å². The van der Waals surface area contributed by atoms with Crippen LogP contribution in [0.1, 0.15) is 38.4 Å². The first-order valence-electron chi connectivity index (χ1n) is 7.22. The summed E-state index contributed by atoms with van der Waals surface area (Å²) in [5.74, 6) is 1.59. The summed E-state index contributed by atoms with van der Waals surface area (Å²) < 4.78 is 0. The molecule has 106 valence electrons.